The van der Waals surface area contributed by atoms with Crippen molar-refractivity contribution in [2.24, 2.45) is 0 Å². The maximum absolute atomic E-state index is 4.60. The molecule has 0 amide bonds. The summed E-state index contributed by atoms with van der Waals surface area (Å²) in [6.07, 6.45) is 3.84. The van der Waals surface area contributed by atoms with E-state index in [9.17, 15) is 0 Å². The summed E-state index contributed by atoms with van der Waals surface area (Å²) in [5.74, 6) is 0. The summed E-state index contributed by atoms with van der Waals surface area (Å²) < 4.78 is 0. The lowest BCUT2D eigenvalue weighted by Crippen LogP contribution is -1.87. The number of nitrogens with one attached hydrogen (secondary N) is 1. The topological polar surface area (TPSA) is 28.7 Å². The number of pyridine rings is 1. The lowest BCUT2D eigenvalue weighted by molar-refractivity contribution is 1.34. The lowest BCUT2D eigenvalue weighted by atomic mass is 9.98. The van der Waals surface area contributed by atoms with E-state index in [2.05, 4.69) is 46.9 Å². The molecule has 100 valence electrons. The molecule has 2 aromatic carbocycles. The predicted molar refractivity (Wildman–Crippen MR) is 89.1 cm³/mol. The monoisotopic (exact) mass is 270 g/mol. The Morgan fingerprint density at radius 3 is 2.52 bits per heavy atom. The summed E-state index contributed by atoms with van der Waals surface area (Å²) in [4.78, 5) is 7.97. The molecule has 0 unspecified atom stereocenters. The molecule has 2 nitrogen and oxygen atoms in total. The van der Waals surface area contributed by atoms with E-state index in [0.717, 1.165) is 33.2 Å². The molecule has 0 fully saturated rings. The molecular formula is C19H14N2. The molecule has 2 heterocycles. The molecule has 4 aromatic rings. The van der Waals surface area contributed by atoms with Crippen molar-refractivity contribution in [1.82, 2.24) is 9.97 Å². The normalized spacial score (nSPS) is 11.0. The van der Waals surface area contributed by atoms with E-state index in [0.29, 0.717) is 0 Å². The number of H-pyrrole nitrogens is 1. The van der Waals surface area contributed by atoms with Crippen LogP contribution < -0.4 is 0 Å². The third-order valence-electron chi connectivity index (χ3n) is 3.86. The van der Waals surface area contributed by atoms with E-state index in [1.165, 1.54) is 5.39 Å². The van der Waals surface area contributed by atoms with Gasteiger partial charge in [0.05, 0.1) is 0 Å². The van der Waals surface area contributed by atoms with Gasteiger partial charge in [0.25, 0.3) is 0 Å². The fraction of sp³-hybridized carbons (Fsp3) is 0. The van der Waals surface area contributed by atoms with E-state index in [1.807, 2.05) is 36.5 Å². The number of aromatic amines is 1. The second-order valence-corrected chi connectivity index (χ2v) is 5.05. The van der Waals surface area contributed by atoms with Crippen molar-refractivity contribution in [3.8, 4) is 11.1 Å². The molecule has 2 heteroatoms. The van der Waals surface area contributed by atoms with Crippen LogP contribution in [0.4, 0.5) is 0 Å². The van der Waals surface area contributed by atoms with Gasteiger partial charge in [-0.1, -0.05) is 61.2 Å². The van der Waals surface area contributed by atoms with Gasteiger partial charge >= 0.3 is 0 Å². The lowest BCUT2D eigenvalue weighted by Gasteiger charge is -2.07. The smallest absolute Gasteiger partial charge is 0.138 e. The average Bonchev–Trinajstić information content (AvgIpc) is 2.93. The zero-order chi connectivity index (χ0) is 14.2. The molecule has 1 N–H and O–H groups in total. The summed E-state index contributed by atoms with van der Waals surface area (Å²) in [5, 5.41) is 2.33. The van der Waals surface area contributed by atoms with E-state index >= 15 is 0 Å². The minimum absolute atomic E-state index is 0.908. The minimum atomic E-state index is 0.908. The molecule has 0 spiro atoms. The van der Waals surface area contributed by atoms with Crippen LogP contribution >= 0.6 is 0 Å². The Balaban J connectivity index is 2.15. The van der Waals surface area contributed by atoms with Crippen LogP contribution in [0.1, 0.15) is 5.56 Å². The SMILES string of the molecule is C=Cc1c(-c2ccccc2)cnc2[nH]c3ccccc3c12. The number of benzene rings is 2. The predicted octanol–water partition coefficient (Wildman–Crippen LogP) is 5.03. The van der Waals surface area contributed by atoms with Crippen molar-refractivity contribution in [1.29, 1.82) is 0 Å². The Morgan fingerprint density at radius 2 is 1.71 bits per heavy atom. The number of nitrogens with zero attached hydrogens (tertiary/aromatic N) is 1. The first-order valence-electron chi connectivity index (χ1n) is 6.96. The molecule has 0 aliphatic heterocycles. The van der Waals surface area contributed by atoms with Crippen LogP contribution in [0.3, 0.4) is 0 Å². The molecule has 0 bridgehead atoms. The highest BCUT2D eigenvalue weighted by Gasteiger charge is 2.12. The van der Waals surface area contributed by atoms with Crippen LogP contribution in [-0.4, -0.2) is 9.97 Å². The van der Waals surface area contributed by atoms with Gasteiger partial charge in [-0.15, -0.1) is 0 Å². The Morgan fingerprint density at radius 1 is 0.952 bits per heavy atom. The van der Waals surface area contributed by atoms with Crippen molar-refractivity contribution in [3.63, 3.8) is 0 Å². The number of hydrogen-bond acceptors (Lipinski definition) is 1. The molecule has 21 heavy (non-hydrogen) atoms. The molecule has 0 aliphatic carbocycles. The van der Waals surface area contributed by atoms with Crippen molar-refractivity contribution < 1.29 is 0 Å². The maximum atomic E-state index is 4.60. The van der Waals surface area contributed by atoms with Gasteiger partial charge in [0.1, 0.15) is 5.65 Å². The first-order valence-corrected chi connectivity index (χ1v) is 6.96. The van der Waals surface area contributed by atoms with Gasteiger partial charge in [0, 0.05) is 28.0 Å². The van der Waals surface area contributed by atoms with Gasteiger partial charge in [-0.25, -0.2) is 4.98 Å². The molecule has 4 rings (SSSR count). The minimum Gasteiger partial charge on any atom is -0.339 e. The summed E-state index contributed by atoms with van der Waals surface area (Å²) in [7, 11) is 0. The third kappa shape index (κ3) is 1.77. The first-order chi connectivity index (χ1) is 10.4. The van der Waals surface area contributed by atoms with Crippen LogP contribution in [0.5, 0.6) is 0 Å². The van der Waals surface area contributed by atoms with Gasteiger partial charge in [0.15, 0.2) is 0 Å². The largest absolute Gasteiger partial charge is 0.339 e. The highest BCUT2D eigenvalue weighted by molar-refractivity contribution is 6.11. The van der Waals surface area contributed by atoms with Crippen LogP contribution in [0.15, 0.2) is 67.4 Å². The Labute approximate surface area is 122 Å². The molecule has 0 aliphatic rings. The highest BCUT2D eigenvalue weighted by Crippen LogP contribution is 2.34. The number of hydrogen-bond donors (Lipinski definition) is 1. The number of fused-ring (bicyclic) bond motifs is 3. The van der Waals surface area contributed by atoms with Crippen LogP contribution in [-0.2, 0) is 0 Å². The molecule has 0 atom stereocenters. The van der Waals surface area contributed by atoms with Gasteiger partial charge in [-0.05, 0) is 17.2 Å². The summed E-state index contributed by atoms with van der Waals surface area (Å²) >= 11 is 0. The summed E-state index contributed by atoms with van der Waals surface area (Å²) in [6, 6.07) is 18.6. The van der Waals surface area contributed by atoms with Crippen molar-refractivity contribution >= 4 is 28.0 Å². The number of para-hydroxylation sites is 1. The zero-order valence-corrected chi connectivity index (χ0v) is 11.5. The van der Waals surface area contributed by atoms with Gasteiger partial charge in [-0.3, -0.25) is 0 Å². The van der Waals surface area contributed by atoms with Crippen molar-refractivity contribution in [3.05, 3.63) is 72.9 Å². The maximum Gasteiger partial charge on any atom is 0.138 e. The van der Waals surface area contributed by atoms with E-state index in [1.54, 1.807) is 0 Å². The summed E-state index contributed by atoms with van der Waals surface area (Å²) in [6.45, 7) is 4.01. The van der Waals surface area contributed by atoms with Crippen molar-refractivity contribution in [2.75, 3.05) is 0 Å². The Kier molecular flexibility index (Phi) is 2.61. The van der Waals surface area contributed by atoms with E-state index in [4.69, 9.17) is 0 Å². The second kappa shape index (κ2) is 4.60. The second-order valence-electron chi connectivity index (χ2n) is 5.05. The van der Waals surface area contributed by atoms with Crippen LogP contribution in [0, 0.1) is 0 Å². The van der Waals surface area contributed by atoms with E-state index in [-0.39, 0.29) is 0 Å². The highest BCUT2D eigenvalue weighted by atomic mass is 14.8. The van der Waals surface area contributed by atoms with Crippen LogP contribution in [0.25, 0.3) is 39.1 Å². The quantitative estimate of drug-likeness (QED) is 0.544. The van der Waals surface area contributed by atoms with Crippen LogP contribution in [0.2, 0.25) is 0 Å². The van der Waals surface area contributed by atoms with Crippen molar-refractivity contribution in [2.45, 2.75) is 0 Å². The standard InChI is InChI=1S/C19H14N2/c1-2-14-16(13-8-4-3-5-9-13)12-20-19-18(14)15-10-6-7-11-17(15)21-19/h2-12H,1H2,(H,20,21). The third-order valence-corrected chi connectivity index (χ3v) is 3.86. The number of rotatable bonds is 2. The van der Waals surface area contributed by atoms with Gasteiger partial charge < -0.3 is 4.98 Å². The summed E-state index contributed by atoms with van der Waals surface area (Å²) in [5.41, 5.74) is 5.41. The molecule has 0 radical (unpaired) electrons. The molecule has 0 saturated carbocycles. The fourth-order valence-corrected chi connectivity index (χ4v) is 2.89. The van der Waals surface area contributed by atoms with E-state index < -0.39 is 0 Å². The Bertz CT molecular complexity index is 949. The van der Waals surface area contributed by atoms with Gasteiger partial charge in [-0.2, -0.15) is 0 Å². The molecular weight excluding hydrogens is 256 g/mol. The zero-order valence-electron chi connectivity index (χ0n) is 11.5. The first kappa shape index (κ1) is 11.9. The molecule has 2 aromatic heterocycles. The Hall–Kier alpha value is -2.87. The number of aromatic nitrogens is 2. The van der Waals surface area contributed by atoms with Gasteiger partial charge in [0.2, 0.25) is 0 Å². The average molecular weight is 270 g/mol. The molecule has 0 saturated heterocycles. The fourth-order valence-electron chi connectivity index (χ4n) is 2.89.